The van der Waals surface area contributed by atoms with Crippen LogP contribution in [0.15, 0.2) is 63.8 Å². The average molecular weight is 363 g/mol. The van der Waals surface area contributed by atoms with Crippen LogP contribution in [0.2, 0.25) is 0 Å². The molecule has 0 spiro atoms. The Labute approximate surface area is 157 Å². The van der Waals surface area contributed by atoms with Crippen molar-refractivity contribution in [3.8, 4) is 5.69 Å². The van der Waals surface area contributed by atoms with Gasteiger partial charge in [0.25, 0.3) is 0 Å². The molecule has 0 aliphatic rings. The number of oxazole rings is 1. The summed E-state index contributed by atoms with van der Waals surface area (Å²) in [6, 6.07) is 17.7. The Kier molecular flexibility index (Phi) is 4.41. The van der Waals surface area contributed by atoms with Gasteiger partial charge in [-0.05, 0) is 38.1 Å². The third-order valence-corrected chi connectivity index (χ3v) is 4.92. The fraction of sp³-hybridized carbons (Fsp3) is 0.238. The smallest absolute Gasteiger partial charge is 0.408 e. The summed E-state index contributed by atoms with van der Waals surface area (Å²) in [5.74, 6) is -0.316. The number of para-hydroxylation sites is 3. The molecule has 1 unspecified atom stereocenters. The van der Waals surface area contributed by atoms with E-state index in [1.165, 1.54) is 10.5 Å². The Morgan fingerprint density at radius 2 is 1.74 bits per heavy atom. The standard InChI is InChI=1S/C21H22N4O2/c1-15-18(16(2)25(22-15)17-9-5-4-6-10-17)13-23(3)14-24-19-11-7-8-12-20(19)27-21(24)26/h4-12H,13-14H2,1-3H3/p+1. The predicted molar refractivity (Wildman–Crippen MR) is 104 cm³/mol. The monoisotopic (exact) mass is 363 g/mol. The fourth-order valence-electron chi connectivity index (χ4n) is 3.54. The molecule has 1 atom stereocenters. The number of aryl methyl sites for hydroxylation is 1. The minimum absolute atomic E-state index is 0.316. The third-order valence-electron chi connectivity index (χ3n) is 4.92. The van der Waals surface area contributed by atoms with Crippen molar-refractivity contribution in [1.29, 1.82) is 0 Å². The average Bonchev–Trinajstić information content (AvgIpc) is 3.13. The molecular weight excluding hydrogens is 340 g/mol. The summed E-state index contributed by atoms with van der Waals surface area (Å²) < 4.78 is 9.01. The number of fused-ring (bicyclic) bond motifs is 1. The topological polar surface area (TPSA) is 57.4 Å². The number of hydrogen-bond acceptors (Lipinski definition) is 3. The zero-order chi connectivity index (χ0) is 19.0. The lowest BCUT2D eigenvalue weighted by Crippen LogP contribution is -3.07. The van der Waals surface area contributed by atoms with Crippen molar-refractivity contribution in [3.63, 3.8) is 0 Å². The van der Waals surface area contributed by atoms with Gasteiger partial charge in [0, 0.05) is 0 Å². The minimum Gasteiger partial charge on any atom is -0.408 e. The highest BCUT2D eigenvalue weighted by molar-refractivity contribution is 5.72. The van der Waals surface area contributed by atoms with Gasteiger partial charge in [0.05, 0.1) is 35.2 Å². The summed E-state index contributed by atoms with van der Waals surface area (Å²) in [5, 5.41) is 4.71. The zero-order valence-corrected chi connectivity index (χ0v) is 15.8. The second-order valence-electron chi connectivity index (χ2n) is 6.95. The van der Waals surface area contributed by atoms with Gasteiger partial charge in [0.15, 0.2) is 12.3 Å². The van der Waals surface area contributed by atoms with Crippen LogP contribution in [0.25, 0.3) is 16.8 Å². The first kappa shape index (κ1) is 17.3. The van der Waals surface area contributed by atoms with E-state index in [2.05, 4.69) is 26.1 Å². The van der Waals surface area contributed by atoms with Crippen LogP contribution in [-0.4, -0.2) is 21.4 Å². The molecule has 0 saturated heterocycles. The maximum absolute atomic E-state index is 12.2. The highest BCUT2D eigenvalue weighted by Crippen LogP contribution is 2.17. The summed E-state index contributed by atoms with van der Waals surface area (Å²) in [5.41, 5.74) is 5.86. The number of quaternary nitrogens is 1. The maximum Gasteiger partial charge on any atom is 0.424 e. The van der Waals surface area contributed by atoms with Crippen molar-refractivity contribution in [2.75, 3.05) is 7.05 Å². The van der Waals surface area contributed by atoms with E-state index in [1.807, 2.05) is 54.1 Å². The van der Waals surface area contributed by atoms with Crippen molar-refractivity contribution in [2.45, 2.75) is 27.1 Å². The molecular formula is C21H23N4O2+. The lowest BCUT2D eigenvalue weighted by Gasteiger charge is -2.14. The Morgan fingerprint density at radius 3 is 2.52 bits per heavy atom. The van der Waals surface area contributed by atoms with E-state index in [9.17, 15) is 4.79 Å². The zero-order valence-electron chi connectivity index (χ0n) is 15.8. The van der Waals surface area contributed by atoms with Gasteiger partial charge in [-0.25, -0.2) is 14.0 Å². The van der Waals surface area contributed by atoms with Gasteiger partial charge < -0.3 is 9.32 Å². The van der Waals surface area contributed by atoms with Crippen LogP contribution >= 0.6 is 0 Å². The second kappa shape index (κ2) is 6.89. The molecule has 2 aromatic heterocycles. The number of rotatable bonds is 5. The summed E-state index contributed by atoms with van der Waals surface area (Å²) >= 11 is 0. The molecule has 1 N–H and O–H groups in total. The van der Waals surface area contributed by atoms with E-state index >= 15 is 0 Å². The van der Waals surface area contributed by atoms with Gasteiger partial charge >= 0.3 is 5.76 Å². The van der Waals surface area contributed by atoms with Crippen LogP contribution in [0.5, 0.6) is 0 Å². The first-order valence-corrected chi connectivity index (χ1v) is 9.05. The molecule has 6 nitrogen and oxygen atoms in total. The molecule has 138 valence electrons. The largest absolute Gasteiger partial charge is 0.424 e. The molecule has 0 amide bonds. The van der Waals surface area contributed by atoms with Crippen molar-refractivity contribution >= 4 is 11.1 Å². The van der Waals surface area contributed by atoms with Crippen molar-refractivity contribution in [3.05, 3.63) is 82.1 Å². The molecule has 0 fully saturated rings. The Balaban J connectivity index is 1.60. The number of nitrogens with zero attached hydrogens (tertiary/aromatic N) is 3. The van der Waals surface area contributed by atoms with E-state index in [4.69, 9.17) is 9.52 Å². The molecule has 27 heavy (non-hydrogen) atoms. The maximum atomic E-state index is 12.2. The van der Waals surface area contributed by atoms with Crippen LogP contribution in [0.4, 0.5) is 0 Å². The molecule has 0 saturated carbocycles. The quantitative estimate of drug-likeness (QED) is 0.591. The Morgan fingerprint density at radius 1 is 1.04 bits per heavy atom. The predicted octanol–water partition coefficient (Wildman–Crippen LogP) is 2.07. The normalized spacial score (nSPS) is 12.6. The van der Waals surface area contributed by atoms with E-state index in [0.29, 0.717) is 12.3 Å². The first-order chi connectivity index (χ1) is 13.0. The molecule has 6 heteroatoms. The highest BCUT2D eigenvalue weighted by atomic mass is 16.4. The highest BCUT2D eigenvalue weighted by Gasteiger charge is 2.18. The van der Waals surface area contributed by atoms with Gasteiger partial charge in [-0.15, -0.1) is 0 Å². The molecule has 2 heterocycles. The Bertz CT molecular complexity index is 1140. The number of nitrogens with one attached hydrogen (secondary N) is 1. The van der Waals surface area contributed by atoms with E-state index in [-0.39, 0.29) is 5.76 Å². The number of benzene rings is 2. The summed E-state index contributed by atoms with van der Waals surface area (Å²) in [6.07, 6.45) is 0. The van der Waals surface area contributed by atoms with Crippen LogP contribution in [-0.2, 0) is 13.2 Å². The molecule has 2 aromatic carbocycles. The van der Waals surface area contributed by atoms with Gasteiger partial charge in [0.1, 0.15) is 6.54 Å². The molecule has 0 aliphatic heterocycles. The van der Waals surface area contributed by atoms with Crippen LogP contribution in [0.3, 0.4) is 0 Å². The van der Waals surface area contributed by atoms with Crippen LogP contribution in [0, 0.1) is 13.8 Å². The SMILES string of the molecule is Cc1nn(-c2ccccc2)c(C)c1C[NH+](C)Cn1c(=O)oc2ccccc21. The fourth-order valence-corrected chi connectivity index (χ4v) is 3.54. The number of aromatic nitrogens is 3. The lowest BCUT2D eigenvalue weighted by atomic mass is 10.2. The van der Waals surface area contributed by atoms with E-state index in [0.717, 1.165) is 29.1 Å². The molecule has 4 rings (SSSR count). The van der Waals surface area contributed by atoms with Crippen molar-refractivity contribution < 1.29 is 9.32 Å². The second-order valence-corrected chi connectivity index (χ2v) is 6.95. The number of hydrogen-bond donors (Lipinski definition) is 1. The van der Waals surface area contributed by atoms with Crippen LogP contribution < -0.4 is 10.7 Å². The molecule has 0 radical (unpaired) electrons. The van der Waals surface area contributed by atoms with E-state index in [1.54, 1.807) is 4.57 Å². The van der Waals surface area contributed by atoms with Crippen LogP contribution in [0.1, 0.15) is 17.0 Å². The lowest BCUT2D eigenvalue weighted by molar-refractivity contribution is -0.916. The van der Waals surface area contributed by atoms with Gasteiger partial charge in [0.2, 0.25) is 0 Å². The molecule has 0 bridgehead atoms. The van der Waals surface area contributed by atoms with Crippen molar-refractivity contribution in [2.24, 2.45) is 0 Å². The first-order valence-electron chi connectivity index (χ1n) is 9.05. The Hall–Kier alpha value is -3.12. The van der Waals surface area contributed by atoms with E-state index < -0.39 is 0 Å². The summed E-state index contributed by atoms with van der Waals surface area (Å²) in [6.45, 7) is 5.44. The van der Waals surface area contributed by atoms with Crippen molar-refractivity contribution in [1.82, 2.24) is 14.3 Å². The van der Waals surface area contributed by atoms with Gasteiger partial charge in [-0.3, -0.25) is 0 Å². The van der Waals surface area contributed by atoms with Gasteiger partial charge in [-0.1, -0.05) is 30.3 Å². The molecule has 4 aromatic rings. The minimum atomic E-state index is -0.316. The third kappa shape index (κ3) is 3.19. The molecule has 0 aliphatic carbocycles. The van der Waals surface area contributed by atoms with Gasteiger partial charge in [-0.2, -0.15) is 5.10 Å². The summed E-state index contributed by atoms with van der Waals surface area (Å²) in [4.78, 5) is 13.4. The summed E-state index contributed by atoms with van der Waals surface area (Å²) in [7, 11) is 2.08.